The van der Waals surface area contributed by atoms with Gasteiger partial charge in [-0.1, -0.05) is 12.1 Å². The van der Waals surface area contributed by atoms with E-state index in [1.165, 1.54) is 9.13 Å². The van der Waals surface area contributed by atoms with Crippen LogP contribution in [0.5, 0.6) is 0 Å². The number of halogens is 2. The largest absolute Gasteiger partial charge is 0.332 e. The number of aryl methyl sites for hydroxylation is 2. The minimum absolute atomic E-state index is 0.206. The first kappa shape index (κ1) is 17.6. The number of carbonyl (C=O) groups excluding carboxylic acids is 1. The summed E-state index contributed by atoms with van der Waals surface area (Å²) in [5, 5.41) is 6.11. The third-order valence-corrected chi connectivity index (χ3v) is 5.41. The Kier molecular flexibility index (Phi) is 6.16. The zero-order chi connectivity index (χ0) is 16.3. The van der Waals surface area contributed by atoms with Gasteiger partial charge < -0.3 is 5.32 Å². The molecule has 0 heterocycles. The van der Waals surface area contributed by atoms with Gasteiger partial charge in [-0.15, -0.1) is 0 Å². The molecule has 0 saturated heterocycles. The fourth-order valence-corrected chi connectivity index (χ4v) is 3.34. The number of benzene rings is 2. The third kappa shape index (κ3) is 4.39. The molecule has 0 fully saturated rings. The number of thiocarbonyl (C=S) groups is 1. The average Bonchev–Trinajstić information content (AvgIpc) is 2.45. The van der Waals surface area contributed by atoms with Gasteiger partial charge in [0.25, 0.3) is 5.91 Å². The zero-order valence-corrected chi connectivity index (χ0v) is 17.2. The van der Waals surface area contributed by atoms with Crippen LogP contribution in [0.1, 0.15) is 21.5 Å². The number of hydrogen-bond acceptors (Lipinski definition) is 2. The second kappa shape index (κ2) is 7.69. The molecule has 0 aliphatic carbocycles. The molecule has 0 aliphatic heterocycles. The normalized spacial score (nSPS) is 10.2. The standard InChI is InChI=1S/C16H14I2N2OS/c1-9-8-14(10(2)7-13(9)18)19-16(22)20-15(21)11-5-3-4-6-12(11)17/h3-8H,1-2H3,(H2,19,20,21,22). The first-order valence-electron chi connectivity index (χ1n) is 6.52. The lowest BCUT2D eigenvalue weighted by Gasteiger charge is -2.13. The highest BCUT2D eigenvalue weighted by atomic mass is 127. The molecule has 0 saturated carbocycles. The van der Waals surface area contributed by atoms with Crippen molar-refractivity contribution >= 4 is 74.1 Å². The minimum atomic E-state index is -0.206. The molecule has 2 N–H and O–H groups in total. The van der Waals surface area contributed by atoms with E-state index in [0.29, 0.717) is 10.7 Å². The Morgan fingerprint density at radius 2 is 1.73 bits per heavy atom. The van der Waals surface area contributed by atoms with E-state index in [1.807, 2.05) is 38.1 Å². The molecule has 0 unspecified atom stereocenters. The number of hydrogen-bond donors (Lipinski definition) is 2. The lowest BCUT2D eigenvalue weighted by Crippen LogP contribution is -2.34. The molecule has 0 bridgehead atoms. The molecule has 0 aliphatic rings. The Bertz CT molecular complexity index is 747. The minimum Gasteiger partial charge on any atom is -0.332 e. The summed E-state index contributed by atoms with van der Waals surface area (Å²) in [6.07, 6.45) is 0. The molecule has 2 aromatic carbocycles. The highest BCUT2D eigenvalue weighted by molar-refractivity contribution is 14.1. The summed E-state index contributed by atoms with van der Waals surface area (Å²) < 4.78 is 2.09. The van der Waals surface area contributed by atoms with Gasteiger partial charge in [0.15, 0.2) is 5.11 Å². The summed E-state index contributed by atoms with van der Waals surface area (Å²) in [7, 11) is 0. The van der Waals surface area contributed by atoms with Gasteiger partial charge in [-0.05, 0) is 107 Å². The van der Waals surface area contributed by atoms with Crippen LogP contribution in [0, 0.1) is 21.0 Å². The van der Waals surface area contributed by atoms with Gasteiger partial charge in [0.1, 0.15) is 0 Å². The highest BCUT2D eigenvalue weighted by Gasteiger charge is 2.11. The first-order valence-corrected chi connectivity index (χ1v) is 9.08. The van der Waals surface area contributed by atoms with Crippen molar-refractivity contribution in [1.82, 2.24) is 5.32 Å². The van der Waals surface area contributed by atoms with E-state index >= 15 is 0 Å². The average molecular weight is 536 g/mol. The molecule has 22 heavy (non-hydrogen) atoms. The van der Waals surface area contributed by atoms with Crippen molar-refractivity contribution in [2.45, 2.75) is 13.8 Å². The van der Waals surface area contributed by atoms with Crippen molar-refractivity contribution in [3.8, 4) is 0 Å². The van der Waals surface area contributed by atoms with E-state index in [2.05, 4.69) is 61.9 Å². The highest BCUT2D eigenvalue weighted by Crippen LogP contribution is 2.21. The maximum atomic E-state index is 12.2. The smallest absolute Gasteiger partial charge is 0.258 e. The molecule has 0 radical (unpaired) electrons. The van der Waals surface area contributed by atoms with Crippen LogP contribution in [0.25, 0.3) is 0 Å². The summed E-state index contributed by atoms with van der Waals surface area (Å²) in [6.45, 7) is 4.05. The van der Waals surface area contributed by atoms with Gasteiger partial charge in [0.2, 0.25) is 0 Å². The van der Waals surface area contributed by atoms with Crippen LogP contribution >= 0.6 is 57.4 Å². The molecule has 2 aromatic rings. The van der Waals surface area contributed by atoms with Gasteiger partial charge in [-0.3, -0.25) is 10.1 Å². The summed E-state index contributed by atoms with van der Waals surface area (Å²) in [4.78, 5) is 12.2. The number of rotatable bonds is 2. The van der Waals surface area contributed by atoms with Gasteiger partial charge in [-0.25, -0.2) is 0 Å². The molecule has 0 atom stereocenters. The topological polar surface area (TPSA) is 41.1 Å². The van der Waals surface area contributed by atoms with Crippen LogP contribution in [0.2, 0.25) is 0 Å². The molecule has 114 valence electrons. The Morgan fingerprint density at radius 3 is 2.41 bits per heavy atom. The quantitative estimate of drug-likeness (QED) is 0.435. The molecular weight excluding hydrogens is 522 g/mol. The van der Waals surface area contributed by atoms with E-state index in [4.69, 9.17) is 12.2 Å². The van der Waals surface area contributed by atoms with E-state index in [-0.39, 0.29) is 5.91 Å². The SMILES string of the molecule is Cc1cc(NC(=S)NC(=O)c2ccccc2I)c(C)cc1I. The summed E-state index contributed by atoms with van der Waals surface area (Å²) >= 11 is 9.68. The predicted molar refractivity (Wildman–Crippen MR) is 111 cm³/mol. The van der Waals surface area contributed by atoms with Gasteiger partial charge in [0, 0.05) is 12.8 Å². The molecule has 1 amide bonds. The van der Waals surface area contributed by atoms with Gasteiger partial charge in [-0.2, -0.15) is 0 Å². The third-order valence-electron chi connectivity index (χ3n) is 3.10. The van der Waals surface area contributed by atoms with Crippen LogP contribution in [0.4, 0.5) is 5.69 Å². The summed E-state index contributed by atoms with van der Waals surface area (Å²) in [6, 6.07) is 11.5. The number of amides is 1. The van der Waals surface area contributed by atoms with E-state index in [1.54, 1.807) is 6.07 Å². The Labute approximate surface area is 162 Å². The number of carbonyl (C=O) groups is 1. The van der Waals surface area contributed by atoms with Gasteiger partial charge >= 0.3 is 0 Å². The zero-order valence-electron chi connectivity index (χ0n) is 12.0. The summed E-state index contributed by atoms with van der Waals surface area (Å²) in [5.74, 6) is -0.206. The summed E-state index contributed by atoms with van der Waals surface area (Å²) in [5.41, 5.74) is 3.77. The molecule has 3 nitrogen and oxygen atoms in total. The maximum absolute atomic E-state index is 12.2. The van der Waals surface area contributed by atoms with Crippen molar-refractivity contribution < 1.29 is 4.79 Å². The van der Waals surface area contributed by atoms with Crippen molar-refractivity contribution in [3.63, 3.8) is 0 Å². The molecule has 6 heteroatoms. The lowest BCUT2D eigenvalue weighted by atomic mass is 10.1. The van der Waals surface area contributed by atoms with Crippen molar-refractivity contribution in [3.05, 3.63) is 60.2 Å². The second-order valence-corrected chi connectivity index (χ2v) is 7.54. The van der Waals surface area contributed by atoms with Crippen molar-refractivity contribution in [1.29, 1.82) is 0 Å². The predicted octanol–water partition coefficient (Wildman–Crippen LogP) is 4.64. The number of nitrogens with one attached hydrogen (secondary N) is 2. The van der Waals surface area contributed by atoms with Crippen molar-refractivity contribution in [2.75, 3.05) is 5.32 Å². The molecule has 0 aromatic heterocycles. The van der Waals surface area contributed by atoms with Crippen LogP contribution < -0.4 is 10.6 Å². The van der Waals surface area contributed by atoms with Gasteiger partial charge in [0.05, 0.1) is 5.56 Å². The van der Waals surface area contributed by atoms with Crippen molar-refractivity contribution in [2.24, 2.45) is 0 Å². The van der Waals surface area contributed by atoms with Crippen LogP contribution in [-0.2, 0) is 0 Å². The van der Waals surface area contributed by atoms with E-state index in [0.717, 1.165) is 14.8 Å². The molecule has 0 spiro atoms. The van der Waals surface area contributed by atoms with E-state index in [9.17, 15) is 4.79 Å². The van der Waals surface area contributed by atoms with Crippen LogP contribution in [0.3, 0.4) is 0 Å². The second-order valence-electron chi connectivity index (χ2n) is 4.80. The Hall–Kier alpha value is -0.740. The molecule has 2 rings (SSSR count). The fraction of sp³-hybridized carbons (Fsp3) is 0.125. The van der Waals surface area contributed by atoms with Crippen LogP contribution in [-0.4, -0.2) is 11.0 Å². The first-order chi connectivity index (χ1) is 10.4. The van der Waals surface area contributed by atoms with E-state index < -0.39 is 0 Å². The Balaban J connectivity index is 2.09. The Morgan fingerprint density at radius 1 is 1.05 bits per heavy atom. The van der Waals surface area contributed by atoms with Crippen LogP contribution in [0.15, 0.2) is 36.4 Å². The monoisotopic (exact) mass is 536 g/mol. The maximum Gasteiger partial charge on any atom is 0.258 e. The lowest BCUT2D eigenvalue weighted by molar-refractivity contribution is 0.0977. The number of anilines is 1. The fourth-order valence-electron chi connectivity index (χ4n) is 1.88. The molecular formula is C16H14I2N2OS.